The minimum atomic E-state index is -0.256. The summed E-state index contributed by atoms with van der Waals surface area (Å²) in [6, 6.07) is 20.7. The lowest BCUT2D eigenvalue weighted by Crippen LogP contribution is -2.16. The quantitative estimate of drug-likeness (QED) is 0.337. The van der Waals surface area contributed by atoms with Gasteiger partial charge in [0.2, 0.25) is 5.91 Å². The van der Waals surface area contributed by atoms with Crippen molar-refractivity contribution in [1.82, 2.24) is 0 Å². The summed E-state index contributed by atoms with van der Waals surface area (Å²) in [5, 5.41) is 5.85. The Kier molecular flexibility index (Phi) is 9.12. The van der Waals surface area contributed by atoms with E-state index in [-0.39, 0.29) is 17.2 Å². The molecule has 0 aliphatic rings. The van der Waals surface area contributed by atoms with E-state index in [1.54, 1.807) is 24.3 Å². The van der Waals surface area contributed by atoms with Gasteiger partial charge in [-0.15, -0.1) is 0 Å². The van der Waals surface area contributed by atoms with Crippen LogP contribution in [0.25, 0.3) is 0 Å². The summed E-state index contributed by atoms with van der Waals surface area (Å²) in [6.07, 6.45) is 0.959. The van der Waals surface area contributed by atoms with E-state index in [9.17, 15) is 9.59 Å². The lowest BCUT2D eigenvalue weighted by Gasteiger charge is -2.19. The van der Waals surface area contributed by atoms with Crippen molar-refractivity contribution in [2.75, 3.05) is 23.8 Å². The van der Waals surface area contributed by atoms with Crippen molar-refractivity contribution < 1.29 is 19.1 Å². The Morgan fingerprint density at radius 1 is 0.778 bits per heavy atom. The number of nitrogens with one attached hydrogen (secondary N) is 2. The van der Waals surface area contributed by atoms with Crippen molar-refractivity contribution in [2.24, 2.45) is 0 Å². The van der Waals surface area contributed by atoms with Crippen LogP contribution in [0.5, 0.6) is 11.5 Å². The molecule has 3 rings (SSSR count). The maximum atomic E-state index is 12.8. The number of carbonyl (C=O) groups excluding carboxylic acids is 2. The number of hydrogen-bond donors (Lipinski definition) is 2. The summed E-state index contributed by atoms with van der Waals surface area (Å²) >= 11 is 0. The van der Waals surface area contributed by atoms with E-state index < -0.39 is 0 Å². The number of rotatable bonds is 10. The molecule has 3 aromatic carbocycles. The molecule has 6 heteroatoms. The highest BCUT2D eigenvalue weighted by Gasteiger charge is 2.17. The molecule has 0 aliphatic heterocycles. The molecule has 0 saturated carbocycles. The monoisotopic (exact) mass is 488 g/mol. The second kappa shape index (κ2) is 12.2. The normalized spacial score (nSPS) is 11.0. The third kappa shape index (κ3) is 7.35. The first kappa shape index (κ1) is 26.8. The number of ether oxygens (including phenoxy) is 2. The summed E-state index contributed by atoms with van der Waals surface area (Å²) < 4.78 is 11.6. The third-order valence-electron chi connectivity index (χ3n) is 5.70. The SMILES string of the molecule is CCOc1cc(NC(=O)c2ccccc2)c(OCC)cc1NC(=O)CCc1ccc(C(C)(C)C)cc1. The molecule has 2 N–H and O–H groups in total. The van der Waals surface area contributed by atoms with Crippen LogP contribution in [0.3, 0.4) is 0 Å². The molecule has 0 spiro atoms. The van der Waals surface area contributed by atoms with Crippen molar-refractivity contribution in [3.63, 3.8) is 0 Å². The molecule has 0 saturated heterocycles. The topological polar surface area (TPSA) is 76.7 Å². The van der Waals surface area contributed by atoms with Gasteiger partial charge in [0, 0.05) is 24.1 Å². The van der Waals surface area contributed by atoms with E-state index in [0.717, 1.165) is 5.56 Å². The summed E-state index contributed by atoms with van der Waals surface area (Å²) in [6.45, 7) is 11.1. The molecule has 0 aliphatic carbocycles. The van der Waals surface area contributed by atoms with Crippen LogP contribution in [-0.2, 0) is 16.6 Å². The standard InChI is InChI=1S/C30H36N2O4/c1-6-35-26-20-25(32-29(34)22-11-9-8-10-12-22)27(36-7-2)19-24(26)31-28(33)18-15-21-13-16-23(17-14-21)30(3,4)5/h8-14,16-17,19-20H,6-7,15,18H2,1-5H3,(H,31,33)(H,32,34). The number of carbonyl (C=O) groups is 2. The predicted molar refractivity (Wildman–Crippen MR) is 145 cm³/mol. The highest BCUT2D eigenvalue weighted by Crippen LogP contribution is 2.37. The van der Waals surface area contributed by atoms with Crippen LogP contribution in [0.4, 0.5) is 11.4 Å². The Labute approximate surface area is 214 Å². The molecular weight excluding hydrogens is 452 g/mol. The molecule has 2 amide bonds. The average molecular weight is 489 g/mol. The number of hydrogen-bond acceptors (Lipinski definition) is 4. The largest absolute Gasteiger partial charge is 0.492 e. The zero-order valence-electron chi connectivity index (χ0n) is 21.8. The first-order chi connectivity index (χ1) is 17.2. The van der Waals surface area contributed by atoms with Crippen molar-refractivity contribution in [1.29, 1.82) is 0 Å². The fourth-order valence-corrected chi connectivity index (χ4v) is 3.73. The minimum Gasteiger partial charge on any atom is -0.492 e. The van der Waals surface area contributed by atoms with Crippen LogP contribution in [0.2, 0.25) is 0 Å². The first-order valence-corrected chi connectivity index (χ1v) is 12.4. The van der Waals surface area contributed by atoms with E-state index >= 15 is 0 Å². The molecule has 0 radical (unpaired) electrons. The Bertz CT molecular complexity index is 1170. The maximum Gasteiger partial charge on any atom is 0.255 e. The van der Waals surface area contributed by atoms with Gasteiger partial charge >= 0.3 is 0 Å². The second-order valence-corrected chi connectivity index (χ2v) is 9.53. The fraction of sp³-hybridized carbons (Fsp3) is 0.333. The van der Waals surface area contributed by atoms with E-state index in [0.29, 0.717) is 54.5 Å². The zero-order chi connectivity index (χ0) is 26.1. The van der Waals surface area contributed by atoms with E-state index in [1.807, 2.05) is 32.0 Å². The Hall–Kier alpha value is -3.80. The summed E-state index contributed by atoms with van der Waals surface area (Å²) in [5.41, 5.74) is 3.98. The Morgan fingerprint density at radius 2 is 1.33 bits per heavy atom. The zero-order valence-corrected chi connectivity index (χ0v) is 21.8. The van der Waals surface area contributed by atoms with Crippen LogP contribution in [0.15, 0.2) is 66.7 Å². The van der Waals surface area contributed by atoms with Gasteiger partial charge in [-0.05, 0) is 48.9 Å². The highest BCUT2D eigenvalue weighted by atomic mass is 16.5. The van der Waals surface area contributed by atoms with Gasteiger partial charge in [-0.3, -0.25) is 9.59 Å². The predicted octanol–water partition coefficient (Wildman–Crippen LogP) is 6.61. The van der Waals surface area contributed by atoms with Gasteiger partial charge in [0.05, 0.1) is 24.6 Å². The highest BCUT2D eigenvalue weighted by molar-refractivity contribution is 6.05. The summed E-state index contributed by atoms with van der Waals surface area (Å²) in [7, 11) is 0. The molecule has 36 heavy (non-hydrogen) atoms. The molecular formula is C30H36N2O4. The van der Waals surface area contributed by atoms with Gasteiger partial charge < -0.3 is 20.1 Å². The van der Waals surface area contributed by atoms with Crippen LogP contribution >= 0.6 is 0 Å². The van der Waals surface area contributed by atoms with Crippen LogP contribution < -0.4 is 20.1 Å². The average Bonchev–Trinajstić information content (AvgIpc) is 2.85. The molecule has 0 unspecified atom stereocenters. The molecule has 0 bridgehead atoms. The molecule has 0 fully saturated rings. The van der Waals surface area contributed by atoms with Gasteiger partial charge in [-0.1, -0.05) is 63.2 Å². The van der Waals surface area contributed by atoms with Gasteiger partial charge in [0.15, 0.2) is 0 Å². The van der Waals surface area contributed by atoms with Crippen molar-refractivity contribution in [3.05, 3.63) is 83.4 Å². The van der Waals surface area contributed by atoms with Crippen LogP contribution in [0.1, 0.15) is 62.5 Å². The first-order valence-electron chi connectivity index (χ1n) is 12.4. The molecule has 6 nitrogen and oxygen atoms in total. The summed E-state index contributed by atoms with van der Waals surface area (Å²) in [5.74, 6) is 0.540. The molecule has 0 atom stereocenters. The van der Waals surface area contributed by atoms with Crippen molar-refractivity contribution in [3.8, 4) is 11.5 Å². The third-order valence-corrected chi connectivity index (χ3v) is 5.70. The van der Waals surface area contributed by atoms with Crippen molar-refractivity contribution >= 4 is 23.2 Å². The summed E-state index contributed by atoms with van der Waals surface area (Å²) in [4.78, 5) is 25.5. The van der Waals surface area contributed by atoms with E-state index in [1.165, 1.54) is 5.56 Å². The number of aryl methyl sites for hydroxylation is 1. The van der Waals surface area contributed by atoms with Crippen molar-refractivity contribution in [2.45, 2.75) is 52.9 Å². The lowest BCUT2D eigenvalue weighted by atomic mass is 9.86. The molecule has 3 aromatic rings. The van der Waals surface area contributed by atoms with E-state index in [4.69, 9.17) is 9.47 Å². The smallest absolute Gasteiger partial charge is 0.255 e. The fourth-order valence-electron chi connectivity index (χ4n) is 3.73. The Morgan fingerprint density at radius 3 is 1.86 bits per heavy atom. The minimum absolute atomic E-state index is 0.0938. The second-order valence-electron chi connectivity index (χ2n) is 9.53. The number of amides is 2. The lowest BCUT2D eigenvalue weighted by molar-refractivity contribution is -0.116. The van der Waals surface area contributed by atoms with Gasteiger partial charge in [-0.2, -0.15) is 0 Å². The van der Waals surface area contributed by atoms with Gasteiger partial charge in [0.1, 0.15) is 11.5 Å². The Balaban J connectivity index is 1.75. The van der Waals surface area contributed by atoms with E-state index in [2.05, 4.69) is 55.7 Å². The molecule has 0 aromatic heterocycles. The molecule has 0 heterocycles. The molecule has 190 valence electrons. The van der Waals surface area contributed by atoms with Crippen LogP contribution in [0, 0.1) is 0 Å². The number of anilines is 2. The van der Waals surface area contributed by atoms with Gasteiger partial charge in [0.25, 0.3) is 5.91 Å². The van der Waals surface area contributed by atoms with Crippen LogP contribution in [-0.4, -0.2) is 25.0 Å². The maximum absolute atomic E-state index is 12.8. The van der Waals surface area contributed by atoms with Gasteiger partial charge in [-0.25, -0.2) is 0 Å². The number of benzene rings is 3.